The van der Waals surface area contributed by atoms with E-state index in [0.717, 1.165) is 51.6 Å². The van der Waals surface area contributed by atoms with E-state index in [2.05, 4.69) is 44.8 Å². The summed E-state index contributed by atoms with van der Waals surface area (Å²) < 4.78 is 0. The number of nitrogens with one attached hydrogen (secondary N) is 1. The van der Waals surface area contributed by atoms with Crippen LogP contribution in [0.15, 0.2) is 18.2 Å². The molecule has 0 atom stereocenters. The fraction of sp³-hybridized carbons (Fsp3) is 0.708. The van der Waals surface area contributed by atoms with Gasteiger partial charge in [0, 0.05) is 48.4 Å². The van der Waals surface area contributed by atoms with Crippen molar-refractivity contribution in [2.45, 2.75) is 90.3 Å². The van der Waals surface area contributed by atoms with Crippen molar-refractivity contribution >= 4 is 17.3 Å². The number of carbonyl (C=O) groups is 1. The van der Waals surface area contributed by atoms with E-state index in [-0.39, 0.29) is 33.6 Å². The standard InChI is InChI=1S/C24H38N4O3/c1-6-7-14-27(19-16-23(2,3)25-24(4,5)17-19)22(29)18-10-11-20(21(15-18)28(30)31)26-12-8-9-13-26/h10-11,15,19,25H,6-9,12-14,16-17H2,1-5H3. The van der Waals surface area contributed by atoms with Gasteiger partial charge in [0.2, 0.25) is 0 Å². The molecule has 7 heteroatoms. The van der Waals surface area contributed by atoms with Gasteiger partial charge < -0.3 is 15.1 Å². The molecule has 172 valence electrons. The maximum absolute atomic E-state index is 13.6. The van der Waals surface area contributed by atoms with E-state index in [1.54, 1.807) is 12.1 Å². The van der Waals surface area contributed by atoms with Crippen LogP contribution in [0.25, 0.3) is 0 Å². The van der Waals surface area contributed by atoms with Crippen LogP contribution in [0, 0.1) is 10.1 Å². The molecule has 1 N–H and O–H groups in total. The number of hydrogen-bond acceptors (Lipinski definition) is 5. The highest BCUT2D eigenvalue weighted by atomic mass is 16.6. The number of nitro groups is 1. The Morgan fingerprint density at radius 3 is 2.35 bits per heavy atom. The number of piperidine rings is 1. The molecule has 0 radical (unpaired) electrons. The Balaban J connectivity index is 1.92. The van der Waals surface area contributed by atoms with Crippen molar-refractivity contribution in [3.05, 3.63) is 33.9 Å². The lowest BCUT2D eigenvalue weighted by atomic mass is 9.78. The molecule has 0 saturated carbocycles. The number of nitro benzene ring substituents is 1. The lowest BCUT2D eigenvalue weighted by Gasteiger charge is -2.49. The van der Waals surface area contributed by atoms with Crippen molar-refractivity contribution in [3.8, 4) is 0 Å². The lowest BCUT2D eigenvalue weighted by molar-refractivity contribution is -0.384. The van der Waals surface area contributed by atoms with E-state index in [1.807, 2.05) is 4.90 Å². The first-order chi connectivity index (χ1) is 14.5. The smallest absolute Gasteiger partial charge is 0.293 e. The topological polar surface area (TPSA) is 78.7 Å². The van der Waals surface area contributed by atoms with Crippen molar-refractivity contribution in [1.82, 2.24) is 10.2 Å². The third-order valence-electron chi connectivity index (χ3n) is 6.49. The number of carbonyl (C=O) groups excluding carboxylic acids is 1. The van der Waals surface area contributed by atoms with Gasteiger partial charge in [-0.15, -0.1) is 0 Å². The molecule has 1 aromatic carbocycles. The van der Waals surface area contributed by atoms with Crippen molar-refractivity contribution in [2.75, 3.05) is 24.5 Å². The summed E-state index contributed by atoms with van der Waals surface area (Å²) >= 11 is 0. The average Bonchev–Trinajstić information content (AvgIpc) is 3.19. The van der Waals surface area contributed by atoms with E-state index >= 15 is 0 Å². The van der Waals surface area contributed by atoms with E-state index < -0.39 is 0 Å². The maximum Gasteiger partial charge on any atom is 0.293 e. The summed E-state index contributed by atoms with van der Waals surface area (Å²) in [5.41, 5.74) is 0.920. The molecule has 2 aliphatic heterocycles. The summed E-state index contributed by atoms with van der Waals surface area (Å²) in [5.74, 6) is -0.0944. The minimum absolute atomic E-state index is 0.0363. The van der Waals surface area contributed by atoms with E-state index in [9.17, 15) is 14.9 Å². The first-order valence-corrected chi connectivity index (χ1v) is 11.7. The largest absolute Gasteiger partial charge is 0.366 e. The fourth-order valence-corrected chi connectivity index (χ4v) is 5.46. The van der Waals surface area contributed by atoms with Crippen molar-refractivity contribution in [1.29, 1.82) is 0 Å². The summed E-state index contributed by atoms with van der Waals surface area (Å²) in [6, 6.07) is 5.14. The van der Waals surface area contributed by atoms with Crippen LogP contribution in [0.2, 0.25) is 0 Å². The zero-order valence-electron chi connectivity index (χ0n) is 19.7. The summed E-state index contributed by atoms with van der Waals surface area (Å²) in [6.07, 6.45) is 5.73. The number of rotatable bonds is 7. The number of nitrogens with zero attached hydrogens (tertiary/aromatic N) is 3. The minimum Gasteiger partial charge on any atom is -0.366 e. The quantitative estimate of drug-likeness (QED) is 0.499. The maximum atomic E-state index is 13.6. The van der Waals surface area contributed by atoms with Crippen molar-refractivity contribution < 1.29 is 9.72 Å². The number of anilines is 1. The van der Waals surface area contributed by atoms with Gasteiger partial charge in [-0.25, -0.2) is 0 Å². The molecule has 1 amide bonds. The number of hydrogen-bond donors (Lipinski definition) is 1. The first kappa shape index (κ1) is 23.5. The summed E-state index contributed by atoms with van der Waals surface area (Å²) in [5, 5.41) is 15.5. The van der Waals surface area contributed by atoms with Gasteiger partial charge in [0.1, 0.15) is 5.69 Å². The monoisotopic (exact) mass is 430 g/mol. The minimum atomic E-state index is -0.350. The van der Waals surface area contributed by atoms with Gasteiger partial charge in [0.15, 0.2) is 0 Å². The second-order valence-electron chi connectivity index (χ2n) is 10.5. The Morgan fingerprint density at radius 2 is 1.81 bits per heavy atom. The van der Waals surface area contributed by atoms with Crippen LogP contribution in [0.5, 0.6) is 0 Å². The molecule has 2 aliphatic rings. The molecule has 0 aliphatic carbocycles. The summed E-state index contributed by atoms with van der Waals surface area (Å²) in [6.45, 7) is 13.2. The molecular weight excluding hydrogens is 392 g/mol. The molecule has 7 nitrogen and oxygen atoms in total. The molecule has 2 fully saturated rings. The Kier molecular flexibility index (Phi) is 6.94. The predicted molar refractivity (Wildman–Crippen MR) is 125 cm³/mol. The highest BCUT2D eigenvalue weighted by Gasteiger charge is 2.41. The van der Waals surface area contributed by atoms with Crippen LogP contribution in [-0.2, 0) is 0 Å². The summed E-state index contributed by atoms with van der Waals surface area (Å²) in [7, 11) is 0. The van der Waals surface area contributed by atoms with E-state index in [1.165, 1.54) is 6.07 Å². The molecule has 0 bridgehead atoms. The molecule has 0 spiro atoms. The SMILES string of the molecule is CCCCN(C(=O)c1ccc(N2CCCC2)c([N+](=O)[O-])c1)C1CC(C)(C)NC(C)(C)C1. The van der Waals surface area contributed by atoms with Crippen LogP contribution >= 0.6 is 0 Å². The molecule has 0 aromatic heterocycles. The molecule has 2 heterocycles. The van der Waals surface area contributed by atoms with Crippen LogP contribution < -0.4 is 10.2 Å². The zero-order valence-corrected chi connectivity index (χ0v) is 19.7. The number of unbranched alkanes of at least 4 members (excludes halogenated alkanes) is 1. The highest BCUT2D eigenvalue weighted by molar-refractivity contribution is 5.96. The molecule has 2 saturated heterocycles. The van der Waals surface area contributed by atoms with Crippen molar-refractivity contribution in [2.24, 2.45) is 0 Å². The molecule has 1 aromatic rings. The van der Waals surface area contributed by atoms with Crippen LogP contribution in [0.4, 0.5) is 11.4 Å². The van der Waals surface area contributed by atoms with Gasteiger partial charge in [-0.1, -0.05) is 13.3 Å². The first-order valence-electron chi connectivity index (χ1n) is 11.7. The average molecular weight is 431 g/mol. The number of amides is 1. The van der Waals surface area contributed by atoms with Crippen LogP contribution in [0.1, 0.15) is 83.5 Å². The fourth-order valence-electron chi connectivity index (χ4n) is 5.46. The van der Waals surface area contributed by atoms with Crippen molar-refractivity contribution in [3.63, 3.8) is 0 Å². The molecule has 0 unspecified atom stereocenters. The third kappa shape index (κ3) is 5.56. The Labute approximate surface area is 186 Å². The summed E-state index contributed by atoms with van der Waals surface area (Å²) in [4.78, 5) is 29.1. The van der Waals surface area contributed by atoms with E-state index in [0.29, 0.717) is 17.8 Å². The molecular formula is C24H38N4O3. The van der Waals surface area contributed by atoms with Gasteiger partial charge in [-0.05, 0) is 71.9 Å². The second kappa shape index (κ2) is 9.15. The van der Waals surface area contributed by atoms with Crippen LogP contribution in [0.3, 0.4) is 0 Å². The van der Waals surface area contributed by atoms with Gasteiger partial charge in [-0.2, -0.15) is 0 Å². The van der Waals surface area contributed by atoms with Gasteiger partial charge in [0.05, 0.1) is 4.92 Å². The third-order valence-corrected chi connectivity index (χ3v) is 6.49. The Bertz CT molecular complexity index is 799. The van der Waals surface area contributed by atoms with Gasteiger partial charge >= 0.3 is 0 Å². The Hall–Kier alpha value is -2.15. The number of benzene rings is 1. The molecule has 31 heavy (non-hydrogen) atoms. The highest BCUT2D eigenvalue weighted by Crippen LogP contribution is 2.35. The van der Waals surface area contributed by atoms with Gasteiger partial charge in [-0.3, -0.25) is 14.9 Å². The zero-order chi connectivity index (χ0) is 22.8. The Morgan fingerprint density at radius 1 is 1.19 bits per heavy atom. The lowest BCUT2D eigenvalue weighted by Crippen LogP contribution is -2.62. The molecule has 3 rings (SSSR count). The van der Waals surface area contributed by atoms with E-state index in [4.69, 9.17) is 0 Å². The van der Waals surface area contributed by atoms with Crippen LogP contribution in [-0.4, -0.2) is 52.5 Å². The normalized spacial score (nSPS) is 20.6. The predicted octanol–water partition coefficient (Wildman–Crippen LogP) is 4.75. The second-order valence-corrected chi connectivity index (χ2v) is 10.5. The van der Waals surface area contributed by atoms with Gasteiger partial charge in [0.25, 0.3) is 11.6 Å².